The van der Waals surface area contributed by atoms with E-state index >= 15 is 0 Å². The van der Waals surface area contributed by atoms with Crippen LogP contribution in [0.25, 0.3) is 11.3 Å². The molecule has 172 valence electrons. The number of piperazine rings is 1. The molecule has 0 bridgehead atoms. The molecule has 33 heavy (non-hydrogen) atoms. The van der Waals surface area contributed by atoms with E-state index in [4.69, 9.17) is 9.47 Å². The third kappa shape index (κ3) is 3.93. The van der Waals surface area contributed by atoms with Crippen molar-refractivity contribution in [2.24, 2.45) is 0 Å². The Morgan fingerprint density at radius 2 is 1.73 bits per heavy atom. The van der Waals surface area contributed by atoms with Crippen molar-refractivity contribution in [3.63, 3.8) is 0 Å². The van der Waals surface area contributed by atoms with Gasteiger partial charge in [-0.05, 0) is 30.3 Å². The lowest BCUT2D eigenvalue weighted by molar-refractivity contribution is 0.0698. The number of hydrogen-bond donors (Lipinski definition) is 1. The SMILES string of the molecule is O=C(c1cn[nH]c1-c1ccc2c(c1)OCCO2)N1CCN(S(=O)(=O)c2ccccc2F)CC1. The minimum atomic E-state index is -3.98. The smallest absolute Gasteiger partial charge is 0.257 e. The van der Waals surface area contributed by atoms with E-state index in [-0.39, 0.29) is 37.0 Å². The summed E-state index contributed by atoms with van der Waals surface area (Å²) in [5, 5.41) is 6.91. The lowest BCUT2D eigenvalue weighted by Gasteiger charge is -2.34. The third-order valence-corrected chi connectivity index (χ3v) is 7.61. The maximum absolute atomic E-state index is 14.0. The zero-order chi connectivity index (χ0) is 23.0. The number of amides is 1. The number of ether oxygens (including phenoxy) is 2. The number of nitrogens with zero attached hydrogens (tertiary/aromatic N) is 3. The molecule has 2 aromatic carbocycles. The molecule has 5 rings (SSSR count). The number of rotatable bonds is 4. The number of benzene rings is 2. The van der Waals surface area contributed by atoms with Gasteiger partial charge in [-0.2, -0.15) is 9.40 Å². The van der Waals surface area contributed by atoms with E-state index in [1.807, 2.05) is 6.07 Å². The predicted octanol–water partition coefficient (Wildman–Crippen LogP) is 2.13. The molecule has 0 radical (unpaired) electrons. The normalized spacial score (nSPS) is 16.6. The van der Waals surface area contributed by atoms with Crippen LogP contribution in [0.15, 0.2) is 53.6 Å². The highest BCUT2D eigenvalue weighted by molar-refractivity contribution is 7.89. The molecule has 3 aromatic rings. The summed E-state index contributed by atoms with van der Waals surface area (Å²) in [5.41, 5.74) is 1.64. The van der Waals surface area contributed by atoms with Gasteiger partial charge in [0.05, 0.1) is 17.5 Å². The molecule has 0 unspecified atom stereocenters. The molecule has 0 spiro atoms. The van der Waals surface area contributed by atoms with E-state index in [2.05, 4.69) is 10.2 Å². The number of halogens is 1. The molecule has 0 saturated carbocycles. The number of carbonyl (C=O) groups is 1. The third-order valence-electron chi connectivity index (χ3n) is 5.68. The number of hydrogen-bond acceptors (Lipinski definition) is 6. The second-order valence-corrected chi connectivity index (χ2v) is 9.55. The standard InChI is InChI=1S/C22H21FN4O5S/c23-17-3-1-2-4-20(17)33(29,30)27-9-7-26(8-10-27)22(28)16-14-24-25-21(16)15-5-6-18-19(13-15)32-12-11-31-18/h1-6,13-14H,7-12H2,(H,24,25). The summed E-state index contributed by atoms with van der Waals surface area (Å²) >= 11 is 0. The number of fused-ring (bicyclic) bond motifs is 1. The van der Waals surface area contributed by atoms with Gasteiger partial charge < -0.3 is 14.4 Å². The number of aromatic amines is 1. The summed E-state index contributed by atoms with van der Waals surface area (Å²) in [6.45, 7) is 1.43. The lowest BCUT2D eigenvalue weighted by Crippen LogP contribution is -2.50. The van der Waals surface area contributed by atoms with Gasteiger partial charge in [0.25, 0.3) is 5.91 Å². The van der Waals surface area contributed by atoms with Crippen molar-refractivity contribution in [2.45, 2.75) is 4.90 Å². The average Bonchev–Trinajstić information content (AvgIpc) is 3.33. The fourth-order valence-electron chi connectivity index (χ4n) is 3.96. The monoisotopic (exact) mass is 472 g/mol. The average molecular weight is 472 g/mol. The van der Waals surface area contributed by atoms with Gasteiger partial charge >= 0.3 is 0 Å². The Bertz CT molecular complexity index is 1300. The largest absolute Gasteiger partial charge is 0.486 e. The summed E-state index contributed by atoms with van der Waals surface area (Å²) < 4.78 is 52.0. The van der Waals surface area contributed by atoms with Gasteiger partial charge in [-0.3, -0.25) is 9.89 Å². The Balaban J connectivity index is 1.32. The molecule has 1 amide bonds. The minimum absolute atomic E-state index is 0.0691. The Labute approximate surface area is 189 Å². The summed E-state index contributed by atoms with van der Waals surface area (Å²) in [6, 6.07) is 10.7. The summed E-state index contributed by atoms with van der Waals surface area (Å²) in [6.07, 6.45) is 1.46. The van der Waals surface area contributed by atoms with E-state index in [9.17, 15) is 17.6 Å². The Hall–Kier alpha value is -3.44. The van der Waals surface area contributed by atoms with Crippen LogP contribution in [-0.4, -0.2) is 73.1 Å². The van der Waals surface area contributed by atoms with Crippen LogP contribution < -0.4 is 9.47 Å². The van der Waals surface area contributed by atoms with E-state index in [0.717, 1.165) is 11.6 Å². The molecule has 0 atom stereocenters. The second kappa shape index (κ2) is 8.49. The number of nitrogens with one attached hydrogen (secondary N) is 1. The van der Waals surface area contributed by atoms with Gasteiger partial charge in [0, 0.05) is 31.7 Å². The van der Waals surface area contributed by atoms with Crippen molar-refractivity contribution in [3.8, 4) is 22.8 Å². The summed E-state index contributed by atoms with van der Waals surface area (Å²) in [5.74, 6) is 0.179. The highest BCUT2D eigenvalue weighted by atomic mass is 32.2. The van der Waals surface area contributed by atoms with Crippen LogP contribution in [0.4, 0.5) is 4.39 Å². The van der Waals surface area contributed by atoms with E-state index in [0.29, 0.717) is 36.0 Å². The van der Waals surface area contributed by atoms with Gasteiger partial charge in [-0.25, -0.2) is 12.8 Å². The number of sulfonamides is 1. The Kier molecular flexibility index (Phi) is 5.51. The molecule has 2 aliphatic heterocycles. The zero-order valence-electron chi connectivity index (χ0n) is 17.5. The summed E-state index contributed by atoms with van der Waals surface area (Å²) in [7, 11) is -3.98. The molecule has 1 N–H and O–H groups in total. The Morgan fingerprint density at radius 3 is 2.48 bits per heavy atom. The molecule has 0 aliphatic carbocycles. The van der Waals surface area contributed by atoms with Gasteiger partial charge in [0.2, 0.25) is 10.0 Å². The molecular formula is C22H21FN4O5S. The first kappa shape index (κ1) is 21.4. The van der Waals surface area contributed by atoms with Gasteiger partial charge in [0.1, 0.15) is 23.9 Å². The first-order valence-corrected chi connectivity index (χ1v) is 11.9. The fourth-order valence-corrected chi connectivity index (χ4v) is 5.45. The molecule has 1 saturated heterocycles. The molecule has 11 heteroatoms. The Morgan fingerprint density at radius 1 is 1.00 bits per heavy atom. The van der Waals surface area contributed by atoms with Crippen molar-refractivity contribution >= 4 is 15.9 Å². The van der Waals surface area contributed by atoms with Crippen molar-refractivity contribution in [2.75, 3.05) is 39.4 Å². The van der Waals surface area contributed by atoms with Crippen LogP contribution in [-0.2, 0) is 10.0 Å². The van der Waals surface area contributed by atoms with Crippen LogP contribution in [0.5, 0.6) is 11.5 Å². The molecular weight excluding hydrogens is 451 g/mol. The molecule has 1 fully saturated rings. The van der Waals surface area contributed by atoms with Crippen LogP contribution in [0.2, 0.25) is 0 Å². The first-order valence-electron chi connectivity index (χ1n) is 10.4. The van der Waals surface area contributed by atoms with E-state index in [1.54, 1.807) is 17.0 Å². The molecule has 2 aliphatic rings. The zero-order valence-corrected chi connectivity index (χ0v) is 18.3. The van der Waals surface area contributed by atoms with Gasteiger partial charge in [0.15, 0.2) is 11.5 Å². The van der Waals surface area contributed by atoms with E-state index < -0.39 is 15.8 Å². The van der Waals surface area contributed by atoms with Crippen molar-refractivity contribution in [1.29, 1.82) is 0 Å². The minimum Gasteiger partial charge on any atom is -0.486 e. The maximum atomic E-state index is 14.0. The number of aromatic nitrogens is 2. The topological polar surface area (TPSA) is 105 Å². The quantitative estimate of drug-likeness (QED) is 0.624. The van der Waals surface area contributed by atoms with Gasteiger partial charge in [-0.15, -0.1) is 0 Å². The maximum Gasteiger partial charge on any atom is 0.257 e. The molecule has 3 heterocycles. The van der Waals surface area contributed by atoms with Crippen molar-refractivity contribution in [3.05, 3.63) is 60.0 Å². The van der Waals surface area contributed by atoms with Gasteiger partial charge in [-0.1, -0.05) is 12.1 Å². The van der Waals surface area contributed by atoms with Crippen LogP contribution in [0.3, 0.4) is 0 Å². The molecule has 1 aromatic heterocycles. The number of H-pyrrole nitrogens is 1. The highest BCUT2D eigenvalue weighted by Gasteiger charge is 2.33. The first-order chi connectivity index (χ1) is 15.9. The molecule has 9 nitrogen and oxygen atoms in total. The van der Waals surface area contributed by atoms with Crippen molar-refractivity contribution in [1.82, 2.24) is 19.4 Å². The summed E-state index contributed by atoms with van der Waals surface area (Å²) in [4.78, 5) is 14.4. The second-order valence-electron chi connectivity index (χ2n) is 7.64. The fraction of sp³-hybridized carbons (Fsp3) is 0.273. The highest BCUT2D eigenvalue weighted by Crippen LogP contribution is 2.35. The number of carbonyl (C=O) groups excluding carboxylic acids is 1. The van der Waals surface area contributed by atoms with E-state index in [1.165, 1.54) is 28.7 Å². The van der Waals surface area contributed by atoms with Crippen LogP contribution >= 0.6 is 0 Å². The van der Waals surface area contributed by atoms with Crippen LogP contribution in [0, 0.1) is 5.82 Å². The lowest BCUT2D eigenvalue weighted by atomic mass is 10.1. The van der Waals surface area contributed by atoms with Crippen LogP contribution in [0.1, 0.15) is 10.4 Å². The predicted molar refractivity (Wildman–Crippen MR) is 116 cm³/mol. The van der Waals surface area contributed by atoms with Crippen molar-refractivity contribution < 1.29 is 27.1 Å².